The molecule has 1 aliphatic carbocycles. The number of aliphatic carboxylic acids is 1. The van der Waals surface area contributed by atoms with Gasteiger partial charge in [-0.3, -0.25) is 0 Å². The van der Waals surface area contributed by atoms with Gasteiger partial charge in [0.05, 0.1) is 0 Å². The van der Waals surface area contributed by atoms with E-state index in [4.69, 9.17) is 23.2 Å². The van der Waals surface area contributed by atoms with Crippen LogP contribution in [0.25, 0.3) is 0 Å². The van der Waals surface area contributed by atoms with Crippen molar-refractivity contribution in [1.29, 1.82) is 0 Å². The summed E-state index contributed by atoms with van der Waals surface area (Å²) < 4.78 is 54.0. The molecule has 0 amide bonds. The second-order valence-corrected chi connectivity index (χ2v) is 7.41. The number of benzene rings is 1. The van der Waals surface area contributed by atoms with Crippen LogP contribution in [-0.2, 0) is 11.2 Å². The molecule has 0 aromatic heterocycles. The Labute approximate surface area is 151 Å². The zero-order valence-electron chi connectivity index (χ0n) is 13.1. The minimum Gasteiger partial charge on any atom is -0.549 e. The van der Waals surface area contributed by atoms with E-state index in [1.165, 1.54) is 12.1 Å². The first-order chi connectivity index (χ1) is 11.3. The Balaban J connectivity index is 2.38. The molecule has 0 radical (unpaired) electrons. The average Bonchev–Trinajstić information content (AvgIpc) is 2.88. The summed E-state index contributed by atoms with van der Waals surface area (Å²) in [5.74, 6) is -4.22. The van der Waals surface area contributed by atoms with Gasteiger partial charge in [0.25, 0.3) is 0 Å². The molecule has 138 valence electrons. The molecule has 0 saturated heterocycles. The number of carboxylic acids is 1. The third-order valence-electron chi connectivity index (χ3n) is 4.74. The lowest BCUT2D eigenvalue weighted by molar-refractivity contribution is -0.315. The molecule has 3 nitrogen and oxygen atoms in total. The molecule has 0 heterocycles. The summed E-state index contributed by atoms with van der Waals surface area (Å²) in [4.78, 5) is 11.8. The van der Waals surface area contributed by atoms with E-state index in [9.17, 15) is 27.5 Å². The molecule has 0 spiro atoms. The predicted molar refractivity (Wildman–Crippen MR) is 81.3 cm³/mol. The van der Waals surface area contributed by atoms with E-state index >= 15 is 0 Å². The van der Waals surface area contributed by atoms with Gasteiger partial charge in [-0.1, -0.05) is 43.1 Å². The minimum atomic E-state index is -5.07. The molecule has 2 atom stereocenters. The fourth-order valence-electron chi connectivity index (χ4n) is 3.35. The zero-order chi connectivity index (χ0) is 19.2. The van der Waals surface area contributed by atoms with Gasteiger partial charge in [-0.25, -0.2) is 4.39 Å². The van der Waals surface area contributed by atoms with Gasteiger partial charge in [0.15, 0.2) is 11.6 Å². The molecule has 2 rings (SSSR count). The number of allylic oxidation sites excluding steroid dienone is 1. The van der Waals surface area contributed by atoms with E-state index in [2.05, 4.69) is 4.74 Å². The van der Waals surface area contributed by atoms with E-state index in [0.717, 1.165) is 12.1 Å². The van der Waals surface area contributed by atoms with Crippen molar-refractivity contribution >= 4 is 29.2 Å². The summed E-state index contributed by atoms with van der Waals surface area (Å²) >= 11 is 11.2. The minimum absolute atomic E-state index is 0.124. The smallest absolute Gasteiger partial charge is 0.549 e. The van der Waals surface area contributed by atoms with Crippen LogP contribution >= 0.6 is 23.2 Å². The summed E-state index contributed by atoms with van der Waals surface area (Å²) in [5, 5.41) is 11.8. The fourth-order valence-corrected chi connectivity index (χ4v) is 3.61. The van der Waals surface area contributed by atoms with Gasteiger partial charge in [0.2, 0.25) is 0 Å². The van der Waals surface area contributed by atoms with E-state index in [-0.39, 0.29) is 16.5 Å². The van der Waals surface area contributed by atoms with Gasteiger partial charge < -0.3 is 14.6 Å². The first kappa shape index (κ1) is 19.8. The Morgan fingerprint density at radius 1 is 1.36 bits per heavy atom. The van der Waals surface area contributed by atoms with E-state index in [1.54, 1.807) is 13.8 Å². The van der Waals surface area contributed by atoms with Gasteiger partial charge in [0.1, 0.15) is 4.49 Å². The van der Waals surface area contributed by atoms with Gasteiger partial charge in [-0.05, 0) is 41.5 Å². The Hall–Kier alpha value is -1.47. The van der Waals surface area contributed by atoms with Crippen molar-refractivity contribution in [3.05, 3.63) is 40.1 Å². The number of rotatable bonds is 5. The molecule has 1 aliphatic rings. The highest BCUT2D eigenvalue weighted by molar-refractivity contribution is 6.55. The lowest BCUT2D eigenvalue weighted by Gasteiger charge is -2.22. The standard InChI is InChI=1S/C16H14Cl2F4O3/c1-14(2)11(6-12(17)18)15(14,13(23)24)7-8-3-4-9(19)10(5-8)25-16(20,21)22/h3-6,11H,7H2,1-2H3,(H,23,24)/p-1. The van der Waals surface area contributed by atoms with Crippen molar-refractivity contribution in [2.45, 2.75) is 26.6 Å². The third-order valence-corrected chi connectivity index (χ3v) is 4.99. The molecule has 1 saturated carbocycles. The summed E-state index contributed by atoms with van der Waals surface area (Å²) in [6.07, 6.45) is -3.91. The first-order valence-corrected chi connectivity index (χ1v) is 7.85. The molecular formula is C16H13Cl2F4O3-. The van der Waals surface area contributed by atoms with Crippen molar-refractivity contribution in [2.24, 2.45) is 16.7 Å². The molecule has 1 aromatic rings. The Kier molecular flexibility index (Phi) is 5.05. The van der Waals surface area contributed by atoms with Crippen LogP contribution in [0, 0.1) is 22.6 Å². The number of hydrogen-bond donors (Lipinski definition) is 0. The van der Waals surface area contributed by atoms with Crippen LogP contribution in [-0.4, -0.2) is 12.3 Å². The van der Waals surface area contributed by atoms with E-state index in [1.807, 2.05) is 0 Å². The first-order valence-electron chi connectivity index (χ1n) is 7.09. The number of ether oxygens (including phenoxy) is 1. The fraction of sp³-hybridized carbons (Fsp3) is 0.438. The van der Waals surface area contributed by atoms with E-state index < -0.39 is 40.6 Å². The average molecular weight is 400 g/mol. The lowest BCUT2D eigenvalue weighted by Crippen LogP contribution is -2.38. The molecule has 9 heteroatoms. The summed E-state index contributed by atoms with van der Waals surface area (Å²) in [5.41, 5.74) is -2.09. The van der Waals surface area contributed by atoms with Gasteiger partial charge in [-0.15, -0.1) is 13.2 Å². The molecular weight excluding hydrogens is 387 g/mol. The van der Waals surface area contributed by atoms with Crippen molar-refractivity contribution in [3.63, 3.8) is 0 Å². The van der Waals surface area contributed by atoms with Gasteiger partial charge >= 0.3 is 6.36 Å². The molecule has 2 unspecified atom stereocenters. The summed E-state index contributed by atoms with van der Waals surface area (Å²) in [6, 6.07) is 2.81. The van der Waals surface area contributed by atoms with Crippen LogP contribution in [0.4, 0.5) is 17.6 Å². The number of halogens is 6. The predicted octanol–water partition coefficient (Wildman–Crippen LogP) is 3.98. The zero-order valence-corrected chi connectivity index (χ0v) is 14.6. The largest absolute Gasteiger partial charge is 0.573 e. The molecule has 1 aromatic carbocycles. The number of alkyl halides is 3. The number of carboxylic acid groups (broad SMARTS) is 1. The number of carbonyl (C=O) groups is 1. The van der Waals surface area contributed by atoms with Gasteiger partial charge in [0, 0.05) is 11.4 Å². The summed E-state index contributed by atoms with van der Waals surface area (Å²) in [7, 11) is 0. The molecule has 25 heavy (non-hydrogen) atoms. The van der Waals surface area contributed by atoms with Crippen LogP contribution in [0.2, 0.25) is 0 Å². The quantitative estimate of drug-likeness (QED) is 0.703. The molecule has 0 bridgehead atoms. The maximum absolute atomic E-state index is 13.5. The van der Waals surface area contributed by atoms with Crippen molar-refractivity contribution < 1.29 is 32.2 Å². The van der Waals surface area contributed by atoms with Crippen molar-refractivity contribution in [3.8, 4) is 5.75 Å². The topological polar surface area (TPSA) is 49.4 Å². The monoisotopic (exact) mass is 399 g/mol. The maximum Gasteiger partial charge on any atom is 0.573 e. The van der Waals surface area contributed by atoms with Crippen LogP contribution in [0.1, 0.15) is 19.4 Å². The second-order valence-electron chi connectivity index (χ2n) is 6.40. The van der Waals surface area contributed by atoms with E-state index in [0.29, 0.717) is 0 Å². The van der Waals surface area contributed by atoms with Crippen LogP contribution in [0.15, 0.2) is 28.8 Å². The molecule has 0 aliphatic heterocycles. The highest BCUT2D eigenvalue weighted by atomic mass is 35.5. The second kappa shape index (κ2) is 6.36. The number of carbonyl (C=O) groups excluding carboxylic acids is 1. The third kappa shape index (κ3) is 3.72. The number of hydrogen-bond acceptors (Lipinski definition) is 3. The molecule has 1 fully saturated rings. The maximum atomic E-state index is 13.5. The molecule has 0 N–H and O–H groups in total. The summed E-state index contributed by atoms with van der Waals surface area (Å²) in [6.45, 7) is 3.30. The Bertz CT molecular complexity index is 727. The SMILES string of the molecule is CC1(C)C(C=C(Cl)Cl)C1(Cc1ccc(F)c(OC(F)(F)F)c1)C(=O)[O-]. The Morgan fingerprint density at radius 3 is 2.44 bits per heavy atom. The van der Waals surface area contributed by atoms with Crippen LogP contribution < -0.4 is 9.84 Å². The highest BCUT2D eigenvalue weighted by Gasteiger charge is 2.70. The van der Waals surface area contributed by atoms with Crippen molar-refractivity contribution in [1.82, 2.24) is 0 Å². The Morgan fingerprint density at radius 2 is 1.96 bits per heavy atom. The normalized spacial score (nSPS) is 24.6. The van der Waals surface area contributed by atoms with Crippen LogP contribution in [0.5, 0.6) is 5.75 Å². The van der Waals surface area contributed by atoms with Crippen molar-refractivity contribution in [2.75, 3.05) is 0 Å². The van der Waals surface area contributed by atoms with Crippen LogP contribution in [0.3, 0.4) is 0 Å². The van der Waals surface area contributed by atoms with Gasteiger partial charge in [-0.2, -0.15) is 0 Å². The highest BCUT2D eigenvalue weighted by Crippen LogP contribution is 2.71. The lowest BCUT2D eigenvalue weighted by atomic mass is 9.88.